The monoisotopic (exact) mass is 510 g/mol. The van der Waals surface area contributed by atoms with Gasteiger partial charge in [-0.15, -0.1) is 0 Å². The SMILES string of the molecule is O=C(O)Cc1ccc(Nc2nc(N3CCC(c4cccc(F)c4)CC3)nc3c2S(=O)(=O)CCC3)cc1. The van der Waals surface area contributed by atoms with Crippen LogP contribution in [-0.2, 0) is 27.5 Å². The van der Waals surface area contributed by atoms with Crippen LogP contribution in [0.15, 0.2) is 53.4 Å². The van der Waals surface area contributed by atoms with E-state index in [1.165, 1.54) is 6.07 Å². The third-order valence-electron chi connectivity index (χ3n) is 6.73. The average molecular weight is 511 g/mol. The van der Waals surface area contributed by atoms with Crippen molar-refractivity contribution in [2.24, 2.45) is 0 Å². The maximum atomic E-state index is 13.7. The minimum atomic E-state index is -3.53. The Morgan fingerprint density at radius 1 is 1.11 bits per heavy atom. The number of aromatic nitrogens is 2. The summed E-state index contributed by atoms with van der Waals surface area (Å²) in [5.41, 5.74) is 2.76. The maximum Gasteiger partial charge on any atom is 0.307 e. The molecule has 3 heterocycles. The number of aliphatic carboxylic acids is 1. The van der Waals surface area contributed by atoms with Gasteiger partial charge in [0.15, 0.2) is 15.7 Å². The van der Waals surface area contributed by atoms with Crippen molar-refractivity contribution >= 4 is 33.3 Å². The van der Waals surface area contributed by atoms with Gasteiger partial charge in [0.05, 0.1) is 17.9 Å². The second-order valence-corrected chi connectivity index (χ2v) is 11.3. The lowest BCUT2D eigenvalue weighted by molar-refractivity contribution is -0.136. The molecule has 1 aromatic heterocycles. The number of aryl methyl sites for hydroxylation is 1. The van der Waals surface area contributed by atoms with E-state index in [1.807, 2.05) is 6.07 Å². The summed E-state index contributed by atoms with van der Waals surface area (Å²) in [6.45, 7) is 1.35. The van der Waals surface area contributed by atoms with Crippen molar-refractivity contribution in [1.82, 2.24) is 9.97 Å². The smallest absolute Gasteiger partial charge is 0.307 e. The first-order valence-electron chi connectivity index (χ1n) is 12.0. The van der Waals surface area contributed by atoms with Crippen molar-refractivity contribution in [2.75, 3.05) is 29.1 Å². The molecule has 0 aliphatic carbocycles. The van der Waals surface area contributed by atoms with Gasteiger partial charge in [-0.25, -0.2) is 17.8 Å². The normalized spacial score (nSPS) is 17.4. The van der Waals surface area contributed by atoms with Crippen LogP contribution in [0.25, 0.3) is 0 Å². The van der Waals surface area contributed by atoms with Crippen LogP contribution in [0.5, 0.6) is 0 Å². The molecule has 36 heavy (non-hydrogen) atoms. The molecule has 2 N–H and O–H groups in total. The van der Waals surface area contributed by atoms with E-state index in [4.69, 9.17) is 5.11 Å². The molecule has 0 amide bonds. The number of fused-ring (bicyclic) bond motifs is 1. The molecule has 0 bridgehead atoms. The predicted molar refractivity (Wildman–Crippen MR) is 134 cm³/mol. The summed E-state index contributed by atoms with van der Waals surface area (Å²) in [7, 11) is -3.53. The number of piperidine rings is 1. The summed E-state index contributed by atoms with van der Waals surface area (Å²) in [5, 5.41) is 12.1. The van der Waals surface area contributed by atoms with Gasteiger partial charge in [-0.1, -0.05) is 24.3 Å². The number of rotatable bonds is 6. The first kappa shape index (κ1) is 24.2. The van der Waals surface area contributed by atoms with E-state index in [-0.39, 0.29) is 34.6 Å². The summed E-state index contributed by atoms with van der Waals surface area (Å²) in [4.78, 5) is 22.5. The van der Waals surface area contributed by atoms with Crippen molar-refractivity contribution < 1.29 is 22.7 Å². The highest BCUT2D eigenvalue weighted by Crippen LogP contribution is 2.35. The van der Waals surface area contributed by atoms with Crippen LogP contribution >= 0.6 is 0 Å². The lowest BCUT2D eigenvalue weighted by Gasteiger charge is -2.33. The van der Waals surface area contributed by atoms with Gasteiger partial charge >= 0.3 is 5.97 Å². The first-order valence-corrected chi connectivity index (χ1v) is 13.7. The molecule has 1 saturated heterocycles. The fourth-order valence-corrected chi connectivity index (χ4v) is 6.56. The zero-order valence-corrected chi connectivity index (χ0v) is 20.5. The Labute approximate surface area is 209 Å². The Kier molecular flexibility index (Phi) is 6.61. The third-order valence-corrected chi connectivity index (χ3v) is 8.61. The molecule has 0 radical (unpaired) electrons. The van der Waals surface area contributed by atoms with Gasteiger partial charge in [-0.2, -0.15) is 4.98 Å². The molecule has 2 aliphatic rings. The number of halogens is 1. The summed E-state index contributed by atoms with van der Waals surface area (Å²) >= 11 is 0. The highest BCUT2D eigenvalue weighted by molar-refractivity contribution is 7.91. The number of hydrogen-bond donors (Lipinski definition) is 2. The highest BCUT2D eigenvalue weighted by Gasteiger charge is 2.32. The standard InChI is InChI=1S/C26H27FN4O4S/c27-20-4-1-3-19(16-20)18-10-12-31(13-11-18)26-29-22-5-2-14-36(34,35)24(22)25(30-26)28-21-8-6-17(7-9-21)15-23(32)33/h1,3-4,6-9,16,18H,2,5,10-15H2,(H,32,33)(H,28,29,30). The van der Waals surface area contributed by atoms with Crippen LogP contribution < -0.4 is 10.2 Å². The van der Waals surface area contributed by atoms with Crippen LogP contribution in [0.4, 0.5) is 21.8 Å². The number of nitrogens with zero attached hydrogens (tertiary/aromatic N) is 3. The second kappa shape index (κ2) is 9.85. The van der Waals surface area contributed by atoms with E-state index in [9.17, 15) is 17.6 Å². The van der Waals surface area contributed by atoms with Gasteiger partial charge in [0.1, 0.15) is 10.7 Å². The van der Waals surface area contributed by atoms with Gasteiger partial charge < -0.3 is 15.3 Å². The Morgan fingerprint density at radius 2 is 1.86 bits per heavy atom. The number of carboxylic acids is 1. The Hall–Kier alpha value is -3.53. The van der Waals surface area contributed by atoms with E-state index in [0.717, 1.165) is 18.4 Å². The van der Waals surface area contributed by atoms with Crippen molar-refractivity contribution in [3.63, 3.8) is 0 Å². The molecule has 10 heteroatoms. The summed E-state index contributed by atoms with van der Waals surface area (Å²) in [5.74, 6) is -0.134. The van der Waals surface area contributed by atoms with Gasteiger partial charge in [0.2, 0.25) is 5.95 Å². The molecule has 0 unspecified atom stereocenters. The average Bonchev–Trinajstić information content (AvgIpc) is 2.84. The van der Waals surface area contributed by atoms with Gasteiger partial charge in [-0.3, -0.25) is 4.79 Å². The lowest BCUT2D eigenvalue weighted by Crippen LogP contribution is -2.35. The molecule has 3 aromatic rings. The van der Waals surface area contributed by atoms with Crippen LogP contribution in [0, 0.1) is 5.82 Å². The Balaban J connectivity index is 1.41. The van der Waals surface area contributed by atoms with Crippen LogP contribution in [0.2, 0.25) is 0 Å². The third kappa shape index (κ3) is 5.18. The van der Waals surface area contributed by atoms with Crippen molar-refractivity contribution in [2.45, 2.75) is 42.9 Å². The predicted octanol–water partition coefficient (Wildman–Crippen LogP) is 4.09. The summed E-state index contributed by atoms with van der Waals surface area (Å²) < 4.78 is 39.6. The molecule has 5 rings (SSSR count). The van der Waals surface area contributed by atoms with E-state index in [2.05, 4.69) is 20.2 Å². The number of anilines is 3. The lowest BCUT2D eigenvalue weighted by atomic mass is 9.89. The fourth-order valence-electron chi connectivity index (χ4n) is 4.93. The molecule has 0 saturated carbocycles. The largest absolute Gasteiger partial charge is 0.481 e. The van der Waals surface area contributed by atoms with Gasteiger partial charge in [0.25, 0.3) is 0 Å². The molecular weight excluding hydrogens is 483 g/mol. The molecule has 8 nitrogen and oxygen atoms in total. The number of sulfone groups is 1. The van der Waals surface area contributed by atoms with Crippen molar-refractivity contribution in [1.29, 1.82) is 0 Å². The highest BCUT2D eigenvalue weighted by atomic mass is 32.2. The van der Waals surface area contributed by atoms with Crippen molar-refractivity contribution in [3.05, 3.63) is 71.2 Å². The number of carboxylic acid groups (broad SMARTS) is 1. The van der Waals surface area contributed by atoms with E-state index < -0.39 is 15.8 Å². The molecule has 2 aliphatic heterocycles. The van der Waals surface area contributed by atoms with Crippen LogP contribution in [-0.4, -0.2) is 48.3 Å². The van der Waals surface area contributed by atoms with Crippen LogP contribution in [0.1, 0.15) is 42.0 Å². The van der Waals surface area contributed by atoms with E-state index >= 15 is 0 Å². The van der Waals surface area contributed by atoms with Crippen LogP contribution in [0.3, 0.4) is 0 Å². The number of nitrogens with one attached hydrogen (secondary N) is 1. The number of benzene rings is 2. The molecule has 0 spiro atoms. The second-order valence-electron chi connectivity index (χ2n) is 9.28. The first-order chi connectivity index (χ1) is 17.3. The summed E-state index contributed by atoms with van der Waals surface area (Å²) in [6.07, 6.45) is 2.60. The zero-order valence-electron chi connectivity index (χ0n) is 19.7. The van der Waals surface area contributed by atoms with E-state index in [1.54, 1.807) is 36.4 Å². The molecule has 0 atom stereocenters. The van der Waals surface area contributed by atoms with E-state index in [0.29, 0.717) is 48.8 Å². The summed E-state index contributed by atoms with van der Waals surface area (Å²) in [6, 6.07) is 13.5. The topological polar surface area (TPSA) is 112 Å². The van der Waals surface area contributed by atoms with Crippen molar-refractivity contribution in [3.8, 4) is 0 Å². The quantitative estimate of drug-likeness (QED) is 0.510. The molecule has 1 fully saturated rings. The Bertz CT molecular complexity index is 1390. The Morgan fingerprint density at radius 3 is 2.56 bits per heavy atom. The fraction of sp³-hybridized carbons (Fsp3) is 0.346. The molecule has 188 valence electrons. The number of hydrogen-bond acceptors (Lipinski definition) is 7. The number of carbonyl (C=O) groups is 1. The minimum absolute atomic E-state index is 0.0496. The molecule has 2 aromatic carbocycles. The van der Waals surface area contributed by atoms with Gasteiger partial charge in [-0.05, 0) is 67.0 Å². The maximum absolute atomic E-state index is 13.7. The minimum Gasteiger partial charge on any atom is -0.481 e. The van der Waals surface area contributed by atoms with Gasteiger partial charge in [0, 0.05) is 18.8 Å². The zero-order chi connectivity index (χ0) is 25.3. The molecular formula is C26H27FN4O4S.